The van der Waals surface area contributed by atoms with Crippen molar-refractivity contribution < 1.29 is 9.53 Å². The normalized spacial score (nSPS) is 12.4. The van der Waals surface area contributed by atoms with Crippen LogP contribution in [0, 0.1) is 13.8 Å². The fourth-order valence-corrected chi connectivity index (χ4v) is 3.60. The molecule has 5 heteroatoms. The van der Waals surface area contributed by atoms with Crippen LogP contribution in [-0.2, 0) is 11.2 Å². The number of aromatic amines is 1. The maximum Gasteiger partial charge on any atom is 0.224 e. The first kappa shape index (κ1) is 20.0. The van der Waals surface area contributed by atoms with Crippen LogP contribution >= 0.6 is 0 Å². The predicted octanol–water partition coefficient (Wildman–Crippen LogP) is 3.75. The molecule has 5 nitrogen and oxygen atoms in total. The fourth-order valence-electron chi connectivity index (χ4n) is 3.60. The second-order valence-corrected chi connectivity index (χ2v) is 7.51. The number of rotatable bonds is 7. The number of aryl methyl sites for hydroxylation is 2. The number of carbonyl (C=O) groups excluding carboxylic acids is 1. The van der Waals surface area contributed by atoms with Gasteiger partial charge in [-0.25, -0.2) is 0 Å². The van der Waals surface area contributed by atoms with E-state index in [2.05, 4.69) is 46.4 Å². The van der Waals surface area contributed by atoms with Crippen molar-refractivity contribution >= 4 is 16.8 Å². The van der Waals surface area contributed by atoms with Crippen LogP contribution in [0.1, 0.15) is 28.4 Å². The summed E-state index contributed by atoms with van der Waals surface area (Å²) in [6.07, 6.45) is 0.369. The summed E-state index contributed by atoms with van der Waals surface area (Å²) in [7, 11) is 5.70. The Balaban J connectivity index is 1.72. The smallest absolute Gasteiger partial charge is 0.224 e. The number of amides is 1. The highest BCUT2D eigenvalue weighted by molar-refractivity contribution is 5.90. The van der Waals surface area contributed by atoms with Crippen molar-refractivity contribution in [2.45, 2.75) is 26.3 Å². The Kier molecular flexibility index (Phi) is 6.05. The molecule has 0 aliphatic rings. The third-order valence-electron chi connectivity index (χ3n) is 5.21. The Bertz CT molecular complexity index is 975. The number of benzene rings is 2. The van der Waals surface area contributed by atoms with Crippen molar-refractivity contribution in [1.82, 2.24) is 15.2 Å². The molecule has 148 valence electrons. The average molecular weight is 380 g/mol. The first-order valence-electron chi connectivity index (χ1n) is 9.54. The zero-order valence-electron chi connectivity index (χ0n) is 17.3. The Morgan fingerprint density at radius 3 is 2.68 bits per heavy atom. The van der Waals surface area contributed by atoms with E-state index < -0.39 is 0 Å². The molecule has 1 atom stereocenters. The lowest BCUT2D eigenvalue weighted by Gasteiger charge is -2.25. The number of fused-ring (bicyclic) bond motifs is 1. The molecule has 28 heavy (non-hydrogen) atoms. The summed E-state index contributed by atoms with van der Waals surface area (Å²) >= 11 is 0. The standard InChI is InChI=1S/C23H29N3O2/c1-15-9-10-21-20(11-15)19(16(2)25-21)13-23(27)24-14-22(26(3)4)17-7-6-8-18(12-17)28-5/h6-12,22,25H,13-14H2,1-5H3,(H,24,27)/t22-/m0/s1. The minimum atomic E-state index is 0.0280. The molecule has 3 rings (SSSR count). The molecule has 1 amide bonds. The summed E-state index contributed by atoms with van der Waals surface area (Å²) in [5, 5.41) is 4.24. The van der Waals surface area contributed by atoms with Crippen molar-refractivity contribution in [1.29, 1.82) is 0 Å². The van der Waals surface area contributed by atoms with Crippen molar-refractivity contribution in [3.8, 4) is 5.75 Å². The van der Waals surface area contributed by atoms with E-state index in [1.54, 1.807) is 7.11 Å². The minimum Gasteiger partial charge on any atom is -0.497 e. The van der Waals surface area contributed by atoms with E-state index in [1.165, 1.54) is 5.56 Å². The Morgan fingerprint density at radius 1 is 1.18 bits per heavy atom. The van der Waals surface area contributed by atoms with E-state index >= 15 is 0 Å². The predicted molar refractivity (Wildman–Crippen MR) is 114 cm³/mol. The second kappa shape index (κ2) is 8.48. The van der Waals surface area contributed by atoms with Gasteiger partial charge >= 0.3 is 0 Å². The molecule has 0 aliphatic carbocycles. The van der Waals surface area contributed by atoms with Crippen LogP contribution < -0.4 is 10.1 Å². The summed E-state index contributed by atoms with van der Waals surface area (Å²) in [6.45, 7) is 4.64. The first-order valence-corrected chi connectivity index (χ1v) is 9.54. The van der Waals surface area contributed by atoms with Crippen molar-refractivity contribution in [3.63, 3.8) is 0 Å². The fraction of sp³-hybridized carbons (Fsp3) is 0.348. The van der Waals surface area contributed by atoms with Crippen LogP contribution in [-0.4, -0.2) is 43.5 Å². The van der Waals surface area contributed by atoms with Gasteiger partial charge in [0, 0.05) is 23.1 Å². The zero-order valence-corrected chi connectivity index (χ0v) is 17.3. The number of likely N-dealkylation sites (N-methyl/N-ethyl adjacent to an activating group) is 1. The van der Waals surface area contributed by atoms with Gasteiger partial charge in [0.1, 0.15) is 5.75 Å². The summed E-state index contributed by atoms with van der Waals surface area (Å²) < 4.78 is 5.33. The minimum absolute atomic E-state index is 0.0280. The molecule has 0 bridgehead atoms. The summed E-state index contributed by atoms with van der Waals surface area (Å²) in [5.74, 6) is 0.848. The van der Waals surface area contributed by atoms with Gasteiger partial charge in [0.05, 0.1) is 19.6 Å². The maximum atomic E-state index is 12.7. The molecule has 1 aromatic heterocycles. The molecule has 0 saturated heterocycles. The van der Waals surface area contributed by atoms with Crippen molar-refractivity contribution in [2.75, 3.05) is 27.7 Å². The highest BCUT2D eigenvalue weighted by Crippen LogP contribution is 2.24. The molecule has 3 aromatic rings. The molecule has 2 N–H and O–H groups in total. The third kappa shape index (κ3) is 4.37. The van der Waals surface area contributed by atoms with E-state index in [0.717, 1.165) is 33.5 Å². The van der Waals surface area contributed by atoms with Crippen LogP contribution in [0.5, 0.6) is 5.75 Å². The second-order valence-electron chi connectivity index (χ2n) is 7.51. The number of aromatic nitrogens is 1. The van der Waals surface area contributed by atoms with E-state index in [-0.39, 0.29) is 11.9 Å². The topological polar surface area (TPSA) is 57.4 Å². The highest BCUT2D eigenvalue weighted by atomic mass is 16.5. The summed E-state index contributed by atoms with van der Waals surface area (Å²) in [5.41, 5.74) is 5.50. The van der Waals surface area contributed by atoms with Crippen LogP contribution in [0.4, 0.5) is 0 Å². The Labute approximate surface area is 166 Å². The molecule has 0 aliphatic heterocycles. The molecule has 0 saturated carbocycles. The van der Waals surface area contributed by atoms with Gasteiger partial charge in [-0.15, -0.1) is 0 Å². The third-order valence-corrected chi connectivity index (χ3v) is 5.21. The molecule has 0 unspecified atom stereocenters. The number of ether oxygens (including phenoxy) is 1. The van der Waals surface area contributed by atoms with Gasteiger partial charge in [0.25, 0.3) is 0 Å². The van der Waals surface area contributed by atoms with Crippen LogP contribution in [0.15, 0.2) is 42.5 Å². The average Bonchev–Trinajstić information content (AvgIpc) is 2.96. The number of hydrogen-bond donors (Lipinski definition) is 2. The maximum absolute atomic E-state index is 12.7. The van der Waals surface area contributed by atoms with Crippen molar-refractivity contribution in [2.24, 2.45) is 0 Å². The monoisotopic (exact) mass is 379 g/mol. The number of nitrogens with one attached hydrogen (secondary N) is 2. The lowest BCUT2D eigenvalue weighted by molar-refractivity contribution is -0.120. The molecule has 0 fully saturated rings. The molecule has 0 radical (unpaired) electrons. The van der Waals surface area contributed by atoms with E-state index in [0.29, 0.717) is 13.0 Å². The van der Waals surface area contributed by atoms with E-state index in [9.17, 15) is 4.79 Å². The Hall–Kier alpha value is -2.79. The zero-order chi connectivity index (χ0) is 20.3. The van der Waals surface area contributed by atoms with Gasteiger partial charge in [-0.1, -0.05) is 23.8 Å². The van der Waals surface area contributed by atoms with Crippen LogP contribution in [0.3, 0.4) is 0 Å². The van der Waals surface area contributed by atoms with Gasteiger partial charge in [0.2, 0.25) is 5.91 Å². The van der Waals surface area contributed by atoms with Gasteiger partial charge < -0.3 is 19.9 Å². The molecule has 2 aromatic carbocycles. The van der Waals surface area contributed by atoms with E-state index in [4.69, 9.17) is 4.74 Å². The quantitative estimate of drug-likeness (QED) is 0.657. The Morgan fingerprint density at radius 2 is 1.96 bits per heavy atom. The number of hydrogen-bond acceptors (Lipinski definition) is 3. The van der Waals surface area contributed by atoms with E-state index in [1.807, 2.05) is 39.2 Å². The van der Waals surface area contributed by atoms with Crippen LogP contribution in [0.25, 0.3) is 10.9 Å². The molecular formula is C23H29N3O2. The summed E-state index contributed by atoms with van der Waals surface area (Å²) in [4.78, 5) is 18.2. The highest BCUT2D eigenvalue weighted by Gasteiger charge is 2.18. The van der Waals surface area contributed by atoms with Crippen molar-refractivity contribution in [3.05, 3.63) is 64.8 Å². The molecule has 0 spiro atoms. The van der Waals surface area contributed by atoms with Crippen LogP contribution in [0.2, 0.25) is 0 Å². The molecular weight excluding hydrogens is 350 g/mol. The number of carbonyl (C=O) groups is 1. The van der Waals surface area contributed by atoms with Gasteiger partial charge in [-0.2, -0.15) is 0 Å². The lowest BCUT2D eigenvalue weighted by Crippen LogP contribution is -2.35. The molecule has 1 heterocycles. The summed E-state index contributed by atoms with van der Waals surface area (Å²) in [6, 6.07) is 14.4. The largest absolute Gasteiger partial charge is 0.497 e. The van der Waals surface area contributed by atoms with Gasteiger partial charge in [-0.3, -0.25) is 4.79 Å². The number of nitrogens with zero attached hydrogens (tertiary/aromatic N) is 1. The lowest BCUT2D eigenvalue weighted by atomic mass is 10.0. The SMILES string of the molecule is COc1cccc([C@H](CNC(=O)Cc2c(C)[nH]c3ccc(C)cc23)N(C)C)c1. The van der Waals surface area contributed by atoms with Gasteiger partial charge in [-0.05, 0) is 63.3 Å². The van der Waals surface area contributed by atoms with Gasteiger partial charge in [0.15, 0.2) is 0 Å². The number of H-pyrrole nitrogens is 1. The number of methoxy groups -OCH3 is 1. The first-order chi connectivity index (χ1) is 13.4.